The maximum absolute atomic E-state index is 12.8. The van der Waals surface area contributed by atoms with Crippen LogP contribution in [-0.2, 0) is 20.7 Å². The van der Waals surface area contributed by atoms with Crippen LogP contribution in [0.5, 0.6) is 11.5 Å². The van der Waals surface area contributed by atoms with Gasteiger partial charge in [0.1, 0.15) is 24.4 Å². The first kappa shape index (κ1) is 34.4. The van der Waals surface area contributed by atoms with Crippen LogP contribution in [0.3, 0.4) is 0 Å². The number of rotatable bonds is 13. The van der Waals surface area contributed by atoms with Crippen molar-refractivity contribution in [3.05, 3.63) is 48.3 Å². The van der Waals surface area contributed by atoms with Crippen molar-refractivity contribution in [3.63, 3.8) is 0 Å². The van der Waals surface area contributed by atoms with Crippen LogP contribution in [0.2, 0.25) is 0 Å². The van der Waals surface area contributed by atoms with E-state index < -0.39 is 78.2 Å². The van der Waals surface area contributed by atoms with Gasteiger partial charge in [0.15, 0.2) is 16.9 Å². The molecule has 10 atom stereocenters. The van der Waals surface area contributed by atoms with E-state index in [1.165, 1.54) is 25.2 Å². The molecule has 6 bridgehead atoms. The Morgan fingerprint density at radius 2 is 1.88 bits per heavy atom. The van der Waals surface area contributed by atoms with Gasteiger partial charge in [-0.2, -0.15) is 0 Å². The van der Waals surface area contributed by atoms with Gasteiger partial charge in [-0.15, -0.1) is 0 Å². The molecule has 1 aliphatic heterocycles. The summed E-state index contributed by atoms with van der Waals surface area (Å²) < 4.78 is 30.2. The number of furan rings is 1. The molecule has 5 aliphatic rings. The molecule has 2 heterocycles. The monoisotopic (exact) mass is 685 g/mol. The summed E-state index contributed by atoms with van der Waals surface area (Å²) in [5.41, 5.74) is -5.19. The Bertz CT molecular complexity index is 1580. The second-order valence-corrected chi connectivity index (χ2v) is 14.1. The average molecular weight is 686 g/mol. The third kappa shape index (κ3) is 5.32. The number of carbonyl (C=O) groups is 1. The van der Waals surface area contributed by atoms with Crippen LogP contribution in [0, 0.1) is 23.2 Å². The third-order valence-electron chi connectivity index (χ3n) is 11.6. The standard InChI is InChI=1S/C36H47NO12/c1-2-45-27(41)10-7-20-17-21-12-15-46-28(21)30(47-16-14-37-22-5-3-4-6-22)29(20)49-33-36(44)31-23-8-9-25(40)34(31,19-39)13-11-24(23)35(43,32(36)42)26(18-38)48-33/h8-9,11-13,15,17,22-26,31-33,37-40,42-44H,2-7,10,14,16,18-19H2,1H3/t23-,24-,25-,26-,31+,32+,33-,34-,35+,36-/m1/s1. The number of carbonyl (C=O) groups excluding carboxylic acids is 1. The summed E-state index contributed by atoms with van der Waals surface area (Å²) in [6.45, 7) is 1.38. The van der Waals surface area contributed by atoms with E-state index in [-0.39, 0.29) is 37.6 Å². The number of allylic oxidation sites excluding steroid dienone is 1. The van der Waals surface area contributed by atoms with Crippen LogP contribution >= 0.6 is 0 Å². The molecule has 13 nitrogen and oxygen atoms in total. The molecule has 7 rings (SSSR count). The van der Waals surface area contributed by atoms with Gasteiger partial charge in [-0.1, -0.05) is 37.1 Å². The van der Waals surface area contributed by atoms with Crippen molar-refractivity contribution in [2.45, 2.75) is 87.3 Å². The van der Waals surface area contributed by atoms with Crippen molar-refractivity contribution in [2.24, 2.45) is 23.2 Å². The van der Waals surface area contributed by atoms with Crippen LogP contribution in [0.15, 0.2) is 47.1 Å². The summed E-state index contributed by atoms with van der Waals surface area (Å²) in [6.07, 6.45) is 6.23. The van der Waals surface area contributed by atoms with Crippen molar-refractivity contribution in [1.82, 2.24) is 5.32 Å². The maximum atomic E-state index is 12.8. The fourth-order valence-corrected chi connectivity index (χ4v) is 9.21. The van der Waals surface area contributed by atoms with Crippen molar-refractivity contribution in [3.8, 4) is 11.5 Å². The van der Waals surface area contributed by atoms with Crippen LogP contribution in [0.4, 0.5) is 0 Å². The van der Waals surface area contributed by atoms with E-state index >= 15 is 0 Å². The molecule has 0 unspecified atom stereocenters. The normalized spacial score (nSPS) is 37.8. The maximum Gasteiger partial charge on any atom is 0.306 e. The highest BCUT2D eigenvalue weighted by molar-refractivity contribution is 5.87. The minimum absolute atomic E-state index is 0.00451. The van der Waals surface area contributed by atoms with Gasteiger partial charge in [-0.05, 0) is 49.8 Å². The number of fused-ring (bicyclic) bond motifs is 4. The van der Waals surface area contributed by atoms with E-state index in [0.29, 0.717) is 29.1 Å². The number of nitrogens with one attached hydrogen (secondary N) is 1. The first-order chi connectivity index (χ1) is 23.6. The summed E-state index contributed by atoms with van der Waals surface area (Å²) in [5.74, 6) is -2.74. The Hall–Kier alpha value is -3.01. The smallest absolute Gasteiger partial charge is 0.306 e. The molecule has 2 aromatic rings. The summed E-state index contributed by atoms with van der Waals surface area (Å²) in [5, 5.41) is 73.6. The van der Waals surface area contributed by atoms with Gasteiger partial charge >= 0.3 is 5.97 Å². The van der Waals surface area contributed by atoms with Gasteiger partial charge in [0.25, 0.3) is 0 Å². The minimum atomic E-state index is -2.43. The lowest BCUT2D eigenvalue weighted by atomic mass is 9.42. The predicted molar refractivity (Wildman–Crippen MR) is 173 cm³/mol. The lowest BCUT2D eigenvalue weighted by Gasteiger charge is -2.69. The minimum Gasteiger partial charge on any atom is -0.485 e. The molecule has 1 aromatic heterocycles. The molecular formula is C36H47NO12. The number of hydrogen-bond acceptors (Lipinski definition) is 13. The second kappa shape index (κ2) is 13.3. The molecular weight excluding hydrogens is 638 g/mol. The molecule has 0 amide bonds. The van der Waals surface area contributed by atoms with Gasteiger partial charge in [-0.25, -0.2) is 0 Å². The number of ether oxygens (including phenoxy) is 4. The van der Waals surface area contributed by atoms with E-state index in [0.717, 1.165) is 12.8 Å². The number of aryl methyl sites for hydroxylation is 1. The molecule has 7 N–H and O–H groups in total. The summed E-state index contributed by atoms with van der Waals surface area (Å²) >= 11 is 0. The molecule has 13 heteroatoms. The quantitative estimate of drug-likeness (QED) is 0.0899. The zero-order valence-corrected chi connectivity index (χ0v) is 27.6. The lowest BCUT2D eigenvalue weighted by molar-refractivity contribution is -0.408. The molecule has 2 saturated carbocycles. The Kier molecular flexibility index (Phi) is 9.33. The van der Waals surface area contributed by atoms with Gasteiger partial charge in [0.05, 0.1) is 32.2 Å². The average Bonchev–Trinajstić information content (AvgIpc) is 3.80. The lowest BCUT2D eigenvalue weighted by Crippen LogP contribution is -2.85. The van der Waals surface area contributed by atoms with Crippen LogP contribution in [-0.4, -0.2) is 111 Å². The number of esters is 1. The summed E-state index contributed by atoms with van der Waals surface area (Å²) in [7, 11) is 0. The van der Waals surface area contributed by atoms with E-state index in [1.807, 2.05) is 0 Å². The van der Waals surface area contributed by atoms with Crippen molar-refractivity contribution >= 4 is 16.9 Å². The van der Waals surface area contributed by atoms with Gasteiger partial charge in [-0.3, -0.25) is 4.79 Å². The third-order valence-corrected chi connectivity index (χ3v) is 11.6. The van der Waals surface area contributed by atoms with E-state index in [9.17, 15) is 35.4 Å². The fraction of sp³-hybridized carbons (Fsp3) is 0.639. The topological polar surface area (TPSA) is 201 Å². The summed E-state index contributed by atoms with van der Waals surface area (Å²) in [4.78, 5) is 12.5. The fourth-order valence-electron chi connectivity index (χ4n) is 9.21. The molecule has 268 valence electrons. The SMILES string of the molecule is CCOC(=O)CCc1cc2ccoc2c(OCCNC2CCCC2)c1O[C@H]1O[C@H](CO)[C@]2(O)[C@H](O)[C@]1(O)[C@H]1[C@@H]3C=C[C@@H](O)[C@]1(CO)C=C[C@H]32. The Morgan fingerprint density at radius 1 is 1.08 bits per heavy atom. The zero-order valence-electron chi connectivity index (χ0n) is 27.6. The first-order valence-corrected chi connectivity index (χ1v) is 17.4. The van der Waals surface area contributed by atoms with Crippen LogP contribution in [0.1, 0.15) is 44.6 Å². The van der Waals surface area contributed by atoms with Crippen molar-refractivity contribution in [2.75, 3.05) is 33.0 Å². The Morgan fingerprint density at radius 3 is 2.61 bits per heavy atom. The number of benzene rings is 1. The van der Waals surface area contributed by atoms with Crippen molar-refractivity contribution < 1.29 is 58.8 Å². The van der Waals surface area contributed by atoms with E-state index in [4.69, 9.17) is 23.4 Å². The number of aliphatic hydroxyl groups excluding tert-OH is 4. The van der Waals surface area contributed by atoms with Crippen LogP contribution in [0.25, 0.3) is 11.0 Å². The second-order valence-electron chi connectivity index (χ2n) is 14.1. The predicted octanol–water partition coefficient (Wildman–Crippen LogP) is 1.10. The molecule has 49 heavy (non-hydrogen) atoms. The first-order valence-electron chi connectivity index (χ1n) is 17.4. The molecule has 1 saturated heterocycles. The molecule has 0 radical (unpaired) electrons. The number of hydrogen-bond donors (Lipinski definition) is 7. The molecule has 4 aliphatic carbocycles. The highest BCUT2D eigenvalue weighted by Gasteiger charge is 2.78. The van der Waals surface area contributed by atoms with E-state index in [1.54, 1.807) is 37.3 Å². The van der Waals surface area contributed by atoms with E-state index in [2.05, 4.69) is 5.32 Å². The zero-order chi connectivity index (χ0) is 34.6. The highest BCUT2D eigenvalue weighted by Crippen LogP contribution is 2.64. The van der Waals surface area contributed by atoms with Gasteiger partial charge in [0, 0.05) is 41.6 Å². The van der Waals surface area contributed by atoms with Crippen molar-refractivity contribution in [1.29, 1.82) is 0 Å². The molecule has 0 spiro atoms. The molecule has 1 aromatic carbocycles. The number of aliphatic hydroxyl groups is 6. The Balaban J connectivity index is 1.31. The van der Waals surface area contributed by atoms with Crippen LogP contribution < -0.4 is 14.8 Å². The summed E-state index contributed by atoms with van der Waals surface area (Å²) in [6, 6.07) is 3.93. The molecule has 3 fully saturated rings. The van der Waals surface area contributed by atoms with Gasteiger partial charge in [0.2, 0.25) is 12.0 Å². The Labute approximate surface area is 284 Å². The highest BCUT2D eigenvalue weighted by atomic mass is 16.7. The largest absolute Gasteiger partial charge is 0.485 e. The van der Waals surface area contributed by atoms with Gasteiger partial charge < -0.3 is 59.3 Å².